The standard InChI is InChI=1S/C19H22N2O5/c1-12-7-3-5-9-14(12)21-18(24)17(23)20(19(21)25)11-15(22)13-8-4-6-10-16(13)26-2/h4,6,8,10,12,14H,3,5,7,9,11H2,1-2H3/t12-,14-/m1/s1. The Morgan fingerprint density at radius 2 is 1.81 bits per heavy atom. The van der Waals surface area contributed by atoms with E-state index in [1.165, 1.54) is 7.11 Å². The first-order valence-electron chi connectivity index (χ1n) is 8.81. The number of methoxy groups -OCH3 is 1. The third-order valence-corrected chi connectivity index (χ3v) is 5.19. The van der Waals surface area contributed by atoms with Crippen molar-refractivity contribution in [1.82, 2.24) is 9.80 Å². The first-order chi connectivity index (χ1) is 12.5. The smallest absolute Gasteiger partial charge is 0.334 e. The summed E-state index contributed by atoms with van der Waals surface area (Å²) in [6, 6.07) is 5.61. The number of hydrogen-bond donors (Lipinski definition) is 0. The molecule has 1 aliphatic carbocycles. The Morgan fingerprint density at radius 1 is 1.12 bits per heavy atom. The van der Waals surface area contributed by atoms with Gasteiger partial charge >= 0.3 is 17.8 Å². The normalized spacial score (nSPS) is 23.5. The van der Waals surface area contributed by atoms with E-state index in [0.29, 0.717) is 12.2 Å². The Kier molecular flexibility index (Phi) is 5.06. The minimum atomic E-state index is -0.934. The molecule has 26 heavy (non-hydrogen) atoms. The molecule has 1 aliphatic heterocycles. The van der Waals surface area contributed by atoms with Crippen molar-refractivity contribution in [3.8, 4) is 5.75 Å². The van der Waals surface area contributed by atoms with Gasteiger partial charge in [0, 0.05) is 6.04 Å². The predicted octanol–water partition coefficient (Wildman–Crippen LogP) is 2.25. The van der Waals surface area contributed by atoms with Gasteiger partial charge in [-0.3, -0.25) is 19.3 Å². The summed E-state index contributed by atoms with van der Waals surface area (Å²) in [4.78, 5) is 51.8. The number of nitrogens with zero attached hydrogens (tertiary/aromatic N) is 2. The van der Waals surface area contributed by atoms with E-state index < -0.39 is 30.2 Å². The Balaban J connectivity index is 1.80. The number of amides is 4. The minimum Gasteiger partial charge on any atom is -0.496 e. The van der Waals surface area contributed by atoms with Crippen LogP contribution in [-0.4, -0.2) is 53.1 Å². The minimum absolute atomic E-state index is 0.148. The van der Waals surface area contributed by atoms with E-state index in [9.17, 15) is 19.2 Å². The highest BCUT2D eigenvalue weighted by molar-refractivity contribution is 6.45. The number of benzene rings is 1. The van der Waals surface area contributed by atoms with Crippen LogP contribution in [0.5, 0.6) is 5.75 Å². The number of Topliss-reactive ketones (excluding diaryl/α,β-unsaturated/α-hetero) is 1. The number of hydrogen-bond acceptors (Lipinski definition) is 5. The summed E-state index contributed by atoms with van der Waals surface area (Å²) in [6.45, 7) is 1.51. The lowest BCUT2D eigenvalue weighted by molar-refractivity contribution is -0.144. The van der Waals surface area contributed by atoms with Gasteiger partial charge in [-0.1, -0.05) is 31.9 Å². The Hall–Kier alpha value is -2.70. The van der Waals surface area contributed by atoms with Gasteiger partial charge in [0.2, 0.25) is 0 Å². The van der Waals surface area contributed by atoms with E-state index in [-0.39, 0.29) is 17.5 Å². The zero-order valence-corrected chi connectivity index (χ0v) is 14.9. The molecule has 2 atom stereocenters. The van der Waals surface area contributed by atoms with Gasteiger partial charge in [0.05, 0.1) is 19.2 Å². The van der Waals surface area contributed by atoms with Crippen molar-refractivity contribution in [2.24, 2.45) is 5.92 Å². The molecule has 2 aliphatic rings. The molecule has 138 valence electrons. The van der Waals surface area contributed by atoms with Gasteiger partial charge < -0.3 is 4.74 Å². The maximum atomic E-state index is 12.7. The molecule has 7 nitrogen and oxygen atoms in total. The second-order valence-corrected chi connectivity index (χ2v) is 6.80. The molecule has 0 N–H and O–H groups in total. The fraction of sp³-hybridized carbons (Fsp3) is 0.474. The highest BCUT2D eigenvalue weighted by atomic mass is 16.5. The van der Waals surface area contributed by atoms with Gasteiger partial charge in [0.1, 0.15) is 5.75 Å². The maximum absolute atomic E-state index is 12.7. The van der Waals surface area contributed by atoms with E-state index in [1.54, 1.807) is 24.3 Å². The maximum Gasteiger partial charge on any atom is 0.334 e. The van der Waals surface area contributed by atoms with E-state index >= 15 is 0 Å². The molecule has 0 radical (unpaired) electrons. The van der Waals surface area contributed by atoms with Crippen LogP contribution in [0.2, 0.25) is 0 Å². The Labute approximate surface area is 151 Å². The second-order valence-electron chi connectivity index (χ2n) is 6.80. The molecule has 0 unspecified atom stereocenters. The Bertz CT molecular complexity index is 760. The number of ether oxygens (including phenoxy) is 1. The third-order valence-electron chi connectivity index (χ3n) is 5.19. The molecule has 1 aromatic rings. The van der Waals surface area contributed by atoms with Crippen LogP contribution in [0.3, 0.4) is 0 Å². The summed E-state index contributed by atoms with van der Waals surface area (Å²) >= 11 is 0. The monoisotopic (exact) mass is 358 g/mol. The van der Waals surface area contributed by atoms with Crippen molar-refractivity contribution in [3.63, 3.8) is 0 Å². The molecular formula is C19H22N2O5. The number of urea groups is 1. The van der Waals surface area contributed by atoms with E-state index in [1.807, 2.05) is 6.92 Å². The largest absolute Gasteiger partial charge is 0.496 e. The van der Waals surface area contributed by atoms with E-state index in [0.717, 1.165) is 29.1 Å². The highest BCUT2D eigenvalue weighted by Crippen LogP contribution is 2.31. The van der Waals surface area contributed by atoms with Crippen molar-refractivity contribution in [3.05, 3.63) is 29.8 Å². The molecule has 4 amide bonds. The summed E-state index contributed by atoms with van der Waals surface area (Å²) in [6.07, 6.45) is 3.58. The van der Waals surface area contributed by atoms with Gasteiger partial charge in [-0.15, -0.1) is 0 Å². The quantitative estimate of drug-likeness (QED) is 0.458. The van der Waals surface area contributed by atoms with Gasteiger partial charge in [-0.2, -0.15) is 0 Å². The third kappa shape index (κ3) is 3.09. The van der Waals surface area contributed by atoms with Crippen molar-refractivity contribution < 1.29 is 23.9 Å². The highest BCUT2D eigenvalue weighted by Gasteiger charge is 2.49. The fourth-order valence-electron chi connectivity index (χ4n) is 3.74. The van der Waals surface area contributed by atoms with Crippen LogP contribution < -0.4 is 4.74 Å². The van der Waals surface area contributed by atoms with Gasteiger partial charge in [-0.25, -0.2) is 9.69 Å². The number of rotatable bonds is 5. The van der Waals surface area contributed by atoms with Gasteiger partial charge in [0.15, 0.2) is 5.78 Å². The van der Waals surface area contributed by atoms with Crippen LogP contribution in [0.4, 0.5) is 4.79 Å². The zero-order chi connectivity index (χ0) is 18.8. The van der Waals surface area contributed by atoms with Crippen molar-refractivity contribution in [1.29, 1.82) is 0 Å². The van der Waals surface area contributed by atoms with Gasteiger partial charge in [0.25, 0.3) is 0 Å². The van der Waals surface area contributed by atoms with Crippen molar-refractivity contribution >= 4 is 23.6 Å². The average Bonchev–Trinajstić information content (AvgIpc) is 2.85. The number of ketones is 1. The molecule has 1 aromatic carbocycles. The molecule has 1 saturated heterocycles. The molecule has 1 heterocycles. The second kappa shape index (κ2) is 7.27. The van der Waals surface area contributed by atoms with E-state index in [4.69, 9.17) is 4.74 Å². The first kappa shape index (κ1) is 18.1. The molecular weight excluding hydrogens is 336 g/mol. The van der Waals surface area contributed by atoms with Crippen LogP contribution in [-0.2, 0) is 9.59 Å². The van der Waals surface area contributed by atoms with Crippen LogP contribution in [0, 0.1) is 5.92 Å². The number of para-hydroxylation sites is 1. The lowest BCUT2D eigenvalue weighted by atomic mass is 9.85. The summed E-state index contributed by atoms with van der Waals surface area (Å²) in [5.74, 6) is -1.71. The lowest BCUT2D eigenvalue weighted by Gasteiger charge is -2.34. The lowest BCUT2D eigenvalue weighted by Crippen LogP contribution is -2.46. The van der Waals surface area contributed by atoms with Crippen LogP contribution in [0.1, 0.15) is 43.0 Å². The molecule has 2 fully saturated rings. The SMILES string of the molecule is COc1ccccc1C(=O)CN1C(=O)C(=O)N([C@@H]2CCCC[C@H]2C)C1=O. The number of imide groups is 2. The topological polar surface area (TPSA) is 84.0 Å². The number of carbonyl (C=O) groups excluding carboxylic acids is 4. The summed E-state index contributed by atoms with van der Waals surface area (Å²) in [5, 5.41) is 0. The molecule has 7 heteroatoms. The van der Waals surface area contributed by atoms with Crippen LogP contribution in [0.25, 0.3) is 0 Å². The Morgan fingerprint density at radius 3 is 2.50 bits per heavy atom. The van der Waals surface area contributed by atoms with Gasteiger partial charge in [-0.05, 0) is 30.9 Å². The molecule has 1 saturated carbocycles. The van der Waals surface area contributed by atoms with E-state index in [2.05, 4.69) is 0 Å². The average molecular weight is 358 g/mol. The predicted molar refractivity (Wildman–Crippen MR) is 92.7 cm³/mol. The first-order valence-corrected chi connectivity index (χ1v) is 8.81. The molecule has 3 rings (SSSR count). The van der Waals surface area contributed by atoms with Crippen molar-refractivity contribution in [2.45, 2.75) is 38.6 Å². The zero-order valence-electron chi connectivity index (χ0n) is 14.9. The summed E-state index contributed by atoms with van der Waals surface area (Å²) < 4.78 is 5.15. The number of carbonyl (C=O) groups is 4. The summed E-state index contributed by atoms with van der Waals surface area (Å²) in [5.41, 5.74) is 0.271. The van der Waals surface area contributed by atoms with Crippen LogP contribution >= 0.6 is 0 Å². The summed E-state index contributed by atoms with van der Waals surface area (Å²) in [7, 11) is 1.44. The van der Waals surface area contributed by atoms with Crippen molar-refractivity contribution in [2.75, 3.05) is 13.7 Å². The molecule has 0 spiro atoms. The molecule has 0 aromatic heterocycles. The molecule has 0 bridgehead atoms. The fourth-order valence-corrected chi connectivity index (χ4v) is 3.74. The van der Waals surface area contributed by atoms with Crippen LogP contribution in [0.15, 0.2) is 24.3 Å².